The van der Waals surface area contributed by atoms with Gasteiger partial charge in [-0.3, -0.25) is 10.2 Å². The monoisotopic (exact) mass is 272 g/mol. The third-order valence-corrected chi connectivity index (χ3v) is 3.42. The molecule has 0 saturated heterocycles. The molecule has 0 amide bonds. The average Bonchev–Trinajstić information content (AvgIpc) is 2.56. The Labute approximate surface area is 114 Å². The van der Waals surface area contributed by atoms with E-state index in [-0.39, 0.29) is 5.56 Å². The van der Waals surface area contributed by atoms with Gasteiger partial charge in [0.1, 0.15) is 0 Å². The van der Waals surface area contributed by atoms with Crippen LogP contribution in [-0.4, -0.2) is 15.4 Å². The summed E-state index contributed by atoms with van der Waals surface area (Å²) in [5.74, 6) is 0. The molecular weight excluding hydrogens is 260 g/mol. The number of hydrogen-bond acceptors (Lipinski definition) is 3. The van der Waals surface area contributed by atoms with Crippen LogP contribution < -0.4 is 16.3 Å². The number of hydrogen-bond donors (Lipinski definition) is 2. The maximum absolute atomic E-state index is 12.5. The highest BCUT2D eigenvalue weighted by atomic mass is 32.1. The maximum atomic E-state index is 12.5. The molecule has 0 atom stereocenters. The number of benzene rings is 1. The lowest BCUT2D eigenvalue weighted by atomic mass is 10.1. The van der Waals surface area contributed by atoms with Gasteiger partial charge >= 0.3 is 0 Å². The molecule has 19 heavy (non-hydrogen) atoms. The fourth-order valence-electron chi connectivity index (χ4n) is 2.29. The van der Waals surface area contributed by atoms with E-state index in [0.717, 1.165) is 16.6 Å². The Morgan fingerprint density at radius 3 is 2.84 bits per heavy atom. The molecule has 5 nitrogen and oxygen atoms in total. The predicted octanol–water partition coefficient (Wildman–Crippen LogP) is 1.56. The van der Waals surface area contributed by atoms with Crippen molar-refractivity contribution in [3.8, 4) is 0 Å². The van der Waals surface area contributed by atoms with Gasteiger partial charge in [0.2, 0.25) is 0 Å². The normalized spacial score (nSPS) is 14.2. The number of aryl methyl sites for hydroxylation is 1. The van der Waals surface area contributed by atoms with Crippen molar-refractivity contribution in [2.75, 3.05) is 5.32 Å². The Balaban J connectivity index is 2.53. The number of nitrogens with zero attached hydrogens (tertiary/aromatic N) is 2. The van der Waals surface area contributed by atoms with Crippen molar-refractivity contribution in [3.63, 3.8) is 0 Å². The van der Waals surface area contributed by atoms with E-state index in [1.54, 1.807) is 18.5 Å². The number of pyridine rings is 1. The van der Waals surface area contributed by atoms with E-state index in [0.29, 0.717) is 16.4 Å². The molecule has 2 N–H and O–H groups in total. The highest BCUT2D eigenvalue weighted by Crippen LogP contribution is 2.26. The number of hydrazone groups is 1. The molecule has 3 rings (SSSR count). The second-order valence-electron chi connectivity index (χ2n) is 4.39. The number of anilines is 1. The highest BCUT2D eigenvalue weighted by Gasteiger charge is 2.20. The fraction of sp³-hybridized carbons (Fsp3) is 0.154. The first-order chi connectivity index (χ1) is 9.09. The molecule has 2 aromatic rings. The Hall–Kier alpha value is -2.21. The minimum Gasteiger partial charge on any atom is -0.330 e. The van der Waals surface area contributed by atoms with Crippen molar-refractivity contribution in [2.45, 2.75) is 6.92 Å². The molecule has 1 aliphatic rings. The topological polar surface area (TPSA) is 58.4 Å². The van der Waals surface area contributed by atoms with Crippen LogP contribution in [0, 0.1) is 0 Å². The number of thiocarbonyl (C=S) groups is 1. The van der Waals surface area contributed by atoms with Gasteiger partial charge in [-0.2, -0.15) is 5.10 Å². The third kappa shape index (κ3) is 1.72. The summed E-state index contributed by atoms with van der Waals surface area (Å²) in [5, 5.41) is 8.49. The molecule has 0 radical (unpaired) electrons. The van der Waals surface area contributed by atoms with Crippen LogP contribution >= 0.6 is 12.2 Å². The van der Waals surface area contributed by atoms with Crippen molar-refractivity contribution in [1.29, 1.82) is 0 Å². The standard InChI is InChI=1S/C13H12N4OS/c1-7-10-11(14-13(19)16-15-7)8-5-3-4-6-9(8)17(2)12(10)18/h3-6H,1-2H3,(H2,14,16,19). The van der Waals surface area contributed by atoms with Crippen molar-refractivity contribution >= 4 is 39.6 Å². The van der Waals surface area contributed by atoms with Crippen molar-refractivity contribution in [3.05, 3.63) is 40.2 Å². The van der Waals surface area contributed by atoms with E-state index in [9.17, 15) is 4.79 Å². The minimum atomic E-state index is -0.0889. The largest absolute Gasteiger partial charge is 0.330 e. The van der Waals surface area contributed by atoms with Crippen LogP contribution in [0.15, 0.2) is 34.2 Å². The zero-order valence-electron chi connectivity index (χ0n) is 10.5. The second-order valence-corrected chi connectivity index (χ2v) is 4.80. The number of fused-ring (bicyclic) bond motifs is 3. The molecule has 1 aromatic heterocycles. The predicted molar refractivity (Wildman–Crippen MR) is 80.8 cm³/mol. The number of aromatic nitrogens is 1. The lowest BCUT2D eigenvalue weighted by Crippen LogP contribution is -2.26. The molecular formula is C13H12N4OS. The van der Waals surface area contributed by atoms with E-state index in [1.165, 1.54) is 0 Å². The molecule has 0 unspecified atom stereocenters. The van der Waals surface area contributed by atoms with E-state index in [1.807, 2.05) is 24.3 Å². The van der Waals surface area contributed by atoms with Crippen molar-refractivity contribution in [2.24, 2.45) is 12.1 Å². The molecule has 0 bridgehead atoms. The Morgan fingerprint density at radius 1 is 1.32 bits per heavy atom. The summed E-state index contributed by atoms with van der Waals surface area (Å²) in [6.45, 7) is 1.79. The van der Waals surface area contributed by atoms with Gasteiger partial charge in [0.05, 0.1) is 22.5 Å². The van der Waals surface area contributed by atoms with Crippen LogP contribution in [0.4, 0.5) is 5.69 Å². The SMILES string of the molecule is CC1=NNC(=S)Nc2c1c(=O)n(C)c1ccccc21. The van der Waals surface area contributed by atoms with Gasteiger partial charge in [-0.15, -0.1) is 0 Å². The Morgan fingerprint density at radius 2 is 2.05 bits per heavy atom. The maximum Gasteiger partial charge on any atom is 0.262 e. The van der Waals surface area contributed by atoms with Gasteiger partial charge in [0.25, 0.3) is 5.56 Å². The zero-order valence-corrected chi connectivity index (χ0v) is 11.3. The minimum absolute atomic E-state index is 0.0889. The van der Waals surface area contributed by atoms with E-state index in [2.05, 4.69) is 15.8 Å². The van der Waals surface area contributed by atoms with Crippen LogP contribution in [0.2, 0.25) is 0 Å². The van der Waals surface area contributed by atoms with Gasteiger partial charge < -0.3 is 9.88 Å². The van der Waals surface area contributed by atoms with Gasteiger partial charge in [0, 0.05) is 12.4 Å². The zero-order chi connectivity index (χ0) is 13.6. The van der Waals surface area contributed by atoms with Crippen LogP contribution in [0.3, 0.4) is 0 Å². The average molecular weight is 272 g/mol. The second kappa shape index (κ2) is 4.17. The van der Waals surface area contributed by atoms with Gasteiger partial charge in [-0.25, -0.2) is 0 Å². The lowest BCUT2D eigenvalue weighted by Gasteiger charge is -2.14. The third-order valence-electron chi connectivity index (χ3n) is 3.23. The number of nitrogens with one attached hydrogen (secondary N) is 2. The molecule has 1 aliphatic heterocycles. The van der Waals surface area contributed by atoms with Crippen LogP contribution in [-0.2, 0) is 7.05 Å². The molecule has 96 valence electrons. The van der Waals surface area contributed by atoms with Crippen molar-refractivity contribution in [1.82, 2.24) is 9.99 Å². The summed E-state index contributed by atoms with van der Waals surface area (Å²) in [5.41, 5.74) is 5.37. The quantitative estimate of drug-likeness (QED) is 0.715. The first kappa shape index (κ1) is 11.9. The fourth-order valence-corrected chi connectivity index (χ4v) is 2.44. The summed E-state index contributed by atoms with van der Waals surface area (Å²) >= 11 is 5.12. The molecule has 0 saturated carbocycles. The highest BCUT2D eigenvalue weighted by molar-refractivity contribution is 7.80. The first-order valence-electron chi connectivity index (χ1n) is 5.83. The Bertz CT molecular complexity index is 791. The van der Waals surface area contributed by atoms with Gasteiger partial charge in [-0.05, 0) is 25.2 Å². The van der Waals surface area contributed by atoms with Crippen molar-refractivity contribution < 1.29 is 0 Å². The van der Waals surface area contributed by atoms with E-state index < -0.39 is 0 Å². The Kier molecular flexibility index (Phi) is 2.60. The molecule has 6 heteroatoms. The molecule has 0 aliphatic carbocycles. The summed E-state index contributed by atoms with van der Waals surface area (Å²) in [6, 6.07) is 7.71. The molecule has 2 heterocycles. The van der Waals surface area contributed by atoms with E-state index in [4.69, 9.17) is 12.2 Å². The smallest absolute Gasteiger partial charge is 0.262 e. The van der Waals surface area contributed by atoms with Gasteiger partial charge in [-0.1, -0.05) is 18.2 Å². The summed E-state index contributed by atoms with van der Waals surface area (Å²) < 4.78 is 1.63. The van der Waals surface area contributed by atoms with Crippen LogP contribution in [0.1, 0.15) is 12.5 Å². The van der Waals surface area contributed by atoms with Crippen LogP contribution in [0.25, 0.3) is 10.9 Å². The summed E-state index contributed by atoms with van der Waals surface area (Å²) in [6.07, 6.45) is 0. The molecule has 1 aromatic carbocycles. The van der Waals surface area contributed by atoms with E-state index >= 15 is 0 Å². The summed E-state index contributed by atoms with van der Waals surface area (Å²) in [4.78, 5) is 12.5. The number of para-hydroxylation sites is 1. The first-order valence-corrected chi connectivity index (χ1v) is 6.24. The summed E-state index contributed by atoms with van der Waals surface area (Å²) in [7, 11) is 1.76. The van der Waals surface area contributed by atoms with Crippen LogP contribution in [0.5, 0.6) is 0 Å². The lowest BCUT2D eigenvalue weighted by molar-refractivity contribution is 0.903. The number of rotatable bonds is 0. The van der Waals surface area contributed by atoms with Gasteiger partial charge in [0.15, 0.2) is 5.11 Å². The molecule has 0 spiro atoms. The molecule has 0 fully saturated rings.